The molecule has 1 amide bonds. The average molecular weight is 418 g/mol. The van der Waals surface area contributed by atoms with Gasteiger partial charge in [0.2, 0.25) is 5.95 Å². The highest BCUT2D eigenvalue weighted by Gasteiger charge is 2.33. The standard InChI is InChI=1S/C16H15BrF3N3O2/c1-15(2,3)25-14(24)23(13-21-8-11(17)9-22-13)12-6-4-5-10(7-12)16(18,19)20/h4-9H,1-3H3. The number of benzene rings is 1. The Morgan fingerprint density at radius 1 is 1.16 bits per heavy atom. The minimum absolute atomic E-state index is 0.0496. The van der Waals surface area contributed by atoms with Crippen molar-refractivity contribution in [3.8, 4) is 0 Å². The van der Waals surface area contributed by atoms with Crippen LogP contribution in [0.2, 0.25) is 0 Å². The summed E-state index contributed by atoms with van der Waals surface area (Å²) in [6, 6.07) is 4.31. The average Bonchev–Trinajstić information content (AvgIpc) is 2.47. The van der Waals surface area contributed by atoms with Crippen LogP contribution in [-0.4, -0.2) is 21.7 Å². The second-order valence-corrected chi connectivity index (χ2v) is 6.98. The van der Waals surface area contributed by atoms with Gasteiger partial charge in [-0.3, -0.25) is 0 Å². The maximum absolute atomic E-state index is 13.0. The van der Waals surface area contributed by atoms with Crippen molar-refractivity contribution in [2.75, 3.05) is 4.90 Å². The minimum atomic E-state index is -4.55. The van der Waals surface area contributed by atoms with E-state index in [4.69, 9.17) is 4.74 Å². The van der Waals surface area contributed by atoms with Gasteiger partial charge in [0.15, 0.2) is 0 Å². The largest absolute Gasteiger partial charge is 0.443 e. The number of rotatable bonds is 2. The molecule has 0 fully saturated rings. The zero-order valence-electron chi connectivity index (χ0n) is 13.6. The molecule has 1 heterocycles. The van der Waals surface area contributed by atoms with E-state index in [9.17, 15) is 18.0 Å². The van der Waals surface area contributed by atoms with Crippen LogP contribution in [0.4, 0.5) is 29.6 Å². The number of amides is 1. The fourth-order valence-corrected chi connectivity index (χ4v) is 2.06. The molecular formula is C16H15BrF3N3O2. The number of halogens is 4. The second kappa shape index (κ2) is 6.99. The third-order valence-corrected chi connectivity index (χ3v) is 3.22. The molecule has 5 nitrogen and oxygen atoms in total. The van der Waals surface area contributed by atoms with Gasteiger partial charge in [-0.2, -0.15) is 13.2 Å². The Hall–Kier alpha value is -2.16. The highest BCUT2D eigenvalue weighted by molar-refractivity contribution is 9.10. The van der Waals surface area contributed by atoms with E-state index in [0.29, 0.717) is 4.47 Å². The highest BCUT2D eigenvalue weighted by Crippen LogP contribution is 2.33. The van der Waals surface area contributed by atoms with Crippen molar-refractivity contribution in [2.24, 2.45) is 0 Å². The van der Waals surface area contributed by atoms with Gasteiger partial charge in [0.1, 0.15) is 5.60 Å². The molecule has 0 unspecified atom stereocenters. The molecule has 0 atom stereocenters. The molecule has 134 valence electrons. The fourth-order valence-electron chi connectivity index (χ4n) is 1.85. The van der Waals surface area contributed by atoms with Crippen LogP contribution < -0.4 is 4.90 Å². The van der Waals surface area contributed by atoms with Crippen LogP contribution in [0, 0.1) is 0 Å². The summed E-state index contributed by atoms with van der Waals surface area (Å²) in [6.45, 7) is 4.95. The summed E-state index contributed by atoms with van der Waals surface area (Å²) >= 11 is 3.17. The van der Waals surface area contributed by atoms with Gasteiger partial charge < -0.3 is 4.74 Å². The smallest absolute Gasteiger partial charge is 0.421 e. The molecule has 0 N–H and O–H groups in total. The van der Waals surface area contributed by atoms with Crippen LogP contribution in [-0.2, 0) is 10.9 Å². The number of ether oxygens (including phenoxy) is 1. The first-order valence-electron chi connectivity index (χ1n) is 7.15. The molecular weight excluding hydrogens is 403 g/mol. The Labute approximate surface area is 151 Å². The first-order valence-corrected chi connectivity index (χ1v) is 7.94. The molecule has 0 spiro atoms. The Morgan fingerprint density at radius 3 is 2.28 bits per heavy atom. The van der Waals surface area contributed by atoms with E-state index in [1.54, 1.807) is 20.8 Å². The van der Waals surface area contributed by atoms with Crippen molar-refractivity contribution in [3.63, 3.8) is 0 Å². The van der Waals surface area contributed by atoms with Crippen LogP contribution in [0.15, 0.2) is 41.1 Å². The molecule has 1 aromatic carbocycles. The van der Waals surface area contributed by atoms with Crippen molar-refractivity contribution in [3.05, 3.63) is 46.7 Å². The molecule has 0 aliphatic heterocycles. The summed E-state index contributed by atoms with van der Waals surface area (Å²) in [7, 11) is 0. The van der Waals surface area contributed by atoms with Gasteiger partial charge in [-0.05, 0) is 54.9 Å². The molecule has 0 aliphatic carbocycles. The Morgan fingerprint density at radius 2 is 1.76 bits per heavy atom. The molecule has 0 bridgehead atoms. The van der Waals surface area contributed by atoms with Crippen molar-refractivity contribution in [1.82, 2.24) is 9.97 Å². The zero-order valence-corrected chi connectivity index (χ0v) is 15.2. The number of nitrogens with zero attached hydrogens (tertiary/aromatic N) is 3. The van der Waals surface area contributed by atoms with E-state index in [-0.39, 0.29) is 11.6 Å². The summed E-state index contributed by atoms with van der Waals surface area (Å²) in [4.78, 5) is 21.4. The van der Waals surface area contributed by atoms with E-state index in [2.05, 4.69) is 25.9 Å². The highest BCUT2D eigenvalue weighted by atomic mass is 79.9. The maximum Gasteiger partial charge on any atom is 0.421 e. The van der Waals surface area contributed by atoms with Crippen LogP contribution in [0.3, 0.4) is 0 Å². The molecule has 25 heavy (non-hydrogen) atoms. The van der Waals surface area contributed by atoms with E-state index in [1.807, 2.05) is 0 Å². The third kappa shape index (κ3) is 5.15. The topological polar surface area (TPSA) is 55.3 Å². The van der Waals surface area contributed by atoms with Crippen molar-refractivity contribution < 1.29 is 22.7 Å². The van der Waals surface area contributed by atoms with E-state index >= 15 is 0 Å². The molecule has 0 aliphatic rings. The maximum atomic E-state index is 13.0. The van der Waals surface area contributed by atoms with Gasteiger partial charge in [0.05, 0.1) is 15.7 Å². The molecule has 0 saturated carbocycles. The van der Waals surface area contributed by atoms with Crippen LogP contribution in [0.1, 0.15) is 26.3 Å². The molecule has 0 radical (unpaired) electrons. The lowest BCUT2D eigenvalue weighted by atomic mass is 10.2. The second-order valence-electron chi connectivity index (χ2n) is 6.07. The summed E-state index contributed by atoms with van der Waals surface area (Å²) in [5, 5.41) is 0. The van der Waals surface area contributed by atoms with Crippen molar-refractivity contribution in [1.29, 1.82) is 0 Å². The van der Waals surface area contributed by atoms with Gasteiger partial charge >= 0.3 is 12.3 Å². The van der Waals surface area contributed by atoms with Gasteiger partial charge in [0, 0.05) is 12.4 Å². The quantitative estimate of drug-likeness (QED) is 0.662. The predicted octanol–water partition coefficient (Wildman–Crippen LogP) is 5.33. The zero-order chi connectivity index (χ0) is 18.8. The number of aromatic nitrogens is 2. The first-order chi connectivity index (χ1) is 11.5. The lowest BCUT2D eigenvalue weighted by Gasteiger charge is -2.26. The molecule has 2 rings (SSSR count). The number of alkyl halides is 3. The molecule has 9 heteroatoms. The monoisotopic (exact) mass is 417 g/mol. The fraction of sp³-hybridized carbons (Fsp3) is 0.312. The van der Waals surface area contributed by atoms with Gasteiger partial charge in [-0.25, -0.2) is 19.7 Å². The van der Waals surface area contributed by atoms with Crippen LogP contribution >= 0.6 is 15.9 Å². The Kier molecular flexibility index (Phi) is 5.36. The summed E-state index contributed by atoms with van der Waals surface area (Å²) in [5.74, 6) is -0.100. The summed E-state index contributed by atoms with van der Waals surface area (Å²) in [5.41, 5.74) is -1.78. The van der Waals surface area contributed by atoms with E-state index < -0.39 is 23.4 Å². The predicted molar refractivity (Wildman–Crippen MR) is 89.5 cm³/mol. The summed E-state index contributed by atoms with van der Waals surface area (Å²) in [6.07, 6.45) is -2.66. The van der Waals surface area contributed by atoms with Crippen LogP contribution in [0.25, 0.3) is 0 Å². The number of carbonyl (C=O) groups is 1. The SMILES string of the molecule is CC(C)(C)OC(=O)N(c1cccc(C(F)(F)F)c1)c1ncc(Br)cn1. The van der Waals surface area contributed by atoms with E-state index in [1.165, 1.54) is 24.5 Å². The number of hydrogen-bond acceptors (Lipinski definition) is 4. The molecule has 1 aromatic heterocycles. The number of carbonyl (C=O) groups excluding carboxylic acids is 1. The Bertz CT molecular complexity index is 758. The van der Waals surface area contributed by atoms with Gasteiger partial charge in [-0.15, -0.1) is 0 Å². The van der Waals surface area contributed by atoms with E-state index in [0.717, 1.165) is 17.0 Å². The molecule has 0 saturated heterocycles. The normalized spacial score (nSPS) is 12.0. The molecule has 2 aromatic rings. The van der Waals surface area contributed by atoms with Gasteiger partial charge in [-0.1, -0.05) is 6.07 Å². The van der Waals surface area contributed by atoms with Gasteiger partial charge in [0.25, 0.3) is 0 Å². The number of anilines is 2. The first kappa shape index (κ1) is 19.2. The number of hydrogen-bond donors (Lipinski definition) is 0. The lowest BCUT2D eigenvalue weighted by molar-refractivity contribution is -0.137. The Balaban J connectivity index is 2.51. The lowest BCUT2D eigenvalue weighted by Crippen LogP contribution is -2.34. The summed E-state index contributed by atoms with van der Waals surface area (Å²) < 4.78 is 44.8. The minimum Gasteiger partial charge on any atom is -0.443 e. The van der Waals surface area contributed by atoms with Crippen LogP contribution in [0.5, 0.6) is 0 Å². The van der Waals surface area contributed by atoms with Crippen molar-refractivity contribution >= 4 is 33.7 Å². The third-order valence-electron chi connectivity index (χ3n) is 2.81. The van der Waals surface area contributed by atoms with Crippen molar-refractivity contribution in [2.45, 2.75) is 32.5 Å².